The van der Waals surface area contributed by atoms with Crippen LogP contribution in [0.4, 0.5) is 19.0 Å². The number of alkyl halides is 3. The van der Waals surface area contributed by atoms with Crippen LogP contribution in [0, 0.1) is 19.3 Å². The summed E-state index contributed by atoms with van der Waals surface area (Å²) in [5.74, 6) is 2.82. The summed E-state index contributed by atoms with van der Waals surface area (Å²) >= 11 is 0. The Kier molecular flexibility index (Phi) is 5.38. The van der Waals surface area contributed by atoms with E-state index < -0.39 is 17.8 Å². The van der Waals surface area contributed by atoms with Crippen molar-refractivity contribution < 1.29 is 13.2 Å². The fraction of sp³-hybridized carbons (Fsp3) is 0.250. The van der Waals surface area contributed by atoms with Crippen molar-refractivity contribution >= 4 is 29.6 Å². The molecular formula is C20H17BF3N4O. The Labute approximate surface area is 166 Å². The predicted molar refractivity (Wildman–Crippen MR) is 107 cm³/mol. The number of nitrogens with zero attached hydrogens (tertiary/aromatic N) is 3. The van der Waals surface area contributed by atoms with Crippen molar-refractivity contribution in [3.8, 4) is 12.3 Å². The first-order valence-electron chi connectivity index (χ1n) is 8.72. The molecule has 0 fully saturated rings. The minimum atomic E-state index is -4.48. The van der Waals surface area contributed by atoms with Crippen LogP contribution in [0.15, 0.2) is 35.4 Å². The molecule has 147 valence electrons. The first-order valence-corrected chi connectivity index (χ1v) is 8.72. The number of fused-ring (bicyclic) bond motifs is 1. The lowest BCUT2D eigenvalue weighted by Crippen LogP contribution is -2.36. The second kappa shape index (κ2) is 7.62. The van der Waals surface area contributed by atoms with Gasteiger partial charge in [0.25, 0.3) is 0 Å². The van der Waals surface area contributed by atoms with Crippen molar-refractivity contribution in [1.29, 1.82) is 0 Å². The van der Waals surface area contributed by atoms with Crippen molar-refractivity contribution in [2.45, 2.75) is 26.0 Å². The van der Waals surface area contributed by atoms with Crippen LogP contribution < -0.4 is 16.3 Å². The van der Waals surface area contributed by atoms with Gasteiger partial charge in [0, 0.05) is 7.05 Å². The lowest BCUT2D eigenvalue weighted by atomic mass is 9.74. The highest BCUT2D eigenvalue weighted by Gasteiger charge is 2.33. The number of rotatable bonds is 4. The molecule has 0 amide bonds. The highest BCUT2D eigenvalue weighted by Crippen LogP contribution is 2.35. The number of aromatic nitrogens is 3. The quantitative estimate of drug-likeness (QED) is 0.544. The molecule has 1 atom stereocenters. The normalized spacial score (nSPS) is 12.4. The van der Waals surface area contributed by atoms with E-state index in [1.54, 1.807) is 33.3 Å². The Morgan fingerprint density at radius 3 is 2.66 bits per heavy atom. The number of hydrogen-bond acceptors (Lipinski definition) is 4. The first-order chi connectivity index (χ1) is 13.7. The van der Waals surface area contributed by atoms with Crippen LogP contribution in [0.3, 0.4) is 0 Å². The molecule has 1 aromatic carbocycles. The topological polar surface area (TPSA) is 59.8 Å². The fourth-order valence-corrected chi connectivity index (χ4v) is 3.23. The van der Waals surface area contributed by atoms with E-state index in [2.05, 4.69) is 21.2 Å². The van der Waals surface area contributed by atoms with Crippen LogP contribution in [0.5, 0.6) is 0 Å². The Bertz CT molecular complexity index is 1180. The van der Waals surface area contributed by atoms with Gasteiger partial charge >= 0.3 is 6.18 Å². The summed E-state index contributed by atoms with van der Waals surface area (Å²) in [6, 6.07) is 4.66. The third kappa shape index (κ3) is 3.70. The molecule has 29 heavy (non-hydrogen) atoms. The Balaban J connectivity index is 2.12. The summed E-state index contributed by atoms with van der Waals surface area (Å²) in [6.45, 7) is 3.12. The summed E-state index contributed by atoms with van der Waals surface area (Å²) < 4.78 is 41.2. The van der Waals surface area contributed by atoms with E-state index in [-0.39, 0.29) is 11.1 Å². The summed E-state index contributed by atoms with van der Waals surface area (Å²) in [4.78, 5) is 20.7. The van der Waals surface area contributed by atoms with Gasteiger partial charge in [-0.1, -0.05) is 24.9 Å². The molecule has 9 heteroatoms. The maximum atomic E-state index is 13.3. The standard InChI is InChI=1S/C20H17BF3N4O/c1-5-16(12-7-6-8-14(11(12)2)20(22,23)24)27-17-13-9-15(21-3)19(29)28(4)18(13)26-10-25-17/h1,6-10,16H,2-4H3,(H,25,26,27)/t16-/m1/s1. The van der Waals surface area contributed by atoms with Gasteiger partial charge in [0.2, 0.25) is 5.56 Å². The largest absolute Gasteiger partial charge is 0.416 e. The minimum Gasteiger partial charge on any atom is -0.352 e. The molecule has 2 heterocycles. The van der Waals surface area contributed by atoms with Crippen molar-refractivity contribution in [3.63, 3.8) is 0 Å². The second-order valence-electron chi connectivity index (χ2n) is 6.47. The minimum absolute atomic E-state index is 0.0452. The maximum absolute atomic E-state index is 13.3. The molecule has 0 saturated carbocycles. The Morgan fingerprint density at radius 1 is 1.31 bits per heavy atom. The molecular weight excluding hydrogens is 380 g/mol. The van der Waals surface area contributed by atoms with Gasteiger partial charge in [-0.3, -0.25) is 9.36 Å². The molecule has 1 radical (unpaired) electrons. The third-order valence-electron chi connectivity index (χ3n) is 4.78. The maximum Gasteiger partial charge on any atom is 0.416 e. The van der Waals surface area contributed by atoms with Crippen LogP contribution in [-0.2, 0) is 13.2 Å². The zero-order valence-corrected chi connectivity index (χ0v) is 16.0. The predicted octanol–water partition coefficient (Wildman–Crippen LogP) is 2.82. The van der Waals surface area contributed by atoms with Gasteiger partial charge in [-0.25, -0.2) is 9.97 Å². The van der Waals surface area contributed by atoms with Gasteiger partial charge in [-0.15, -0.1) is 6.42 Å². The number of anilines is 1. The monoisotopic (exact) mass is 397 g/mol. The van der Waals surface area contributed by atoms with Crippen LogP contribution in [0.25, 0.3) is 11.0 Å². The first kappa shape index (κ1) is 20.5. The molecule has 0 aliphatic carbocycles. The van der Waals surface area contributed by atoms with Crippen LogP contribution in [0.1, 0.15) is 22.7 Å². The van der Waals surface area contributed by atoms with Gasteiger partial charge in [0.1, 0.15) is 23.8 Å². The highest BCUT2D eigenvalue weighted by molar-refractivity contribution is 6.52. The molecule has 3 aromatic rings. The second-order valence-corrected chi connectivity index (χ2v) is 6.47. The molecule has 3 rings (SSSR count). The van der Waals surface area contributed by atoms with E-state index in [1.807, 2.05) is 0 Å². The molecule has 1 N–H and O–H groups in total. The summed E-state index contributed by atoms with van der Waals surface area (Å²) in [7, 11) is 3.25. The van der Waals surface area contributed by atoms with Crippen molar-refractivity contribution in [1.82, 2.24) is 14.5 Å². The highest BCUT2D eigenvalue weighted by atomic mass is 19.4. The fourth-order valence-electron chi connectivity index (χ4n) is 3.23. The average molecular weight is 397 g/mol. The molecule has 5 nitrogen and oxygen atoms in total. The molecule has 0 saturated heterocycles. The van der Waals surface area contributed by atoms with Crippen molar-refractivity contribution in [2.75, 3.05) is 5.32 Å². The number of hydrogen-bond donors (Lipinski definition) is 1. The van der Waals surface area contributed by atoms with Gasteiger partial charge in [-0.05, 0) is 35.6 Å². The lowest BCUT2D eigenvalue weighted by Gasteiger charge is -2.20. The zero-order chi connectivity index (χ0) is 21.3. The third-order valence-corrected chi connectivity index (χ3v) is 4.78. The number of terminal acetylenes is 1. The lowest BCUT2D eigenvalue weighted by molar-refractivity contribution is -0.138. The van der Waals surface area contributed by atoms with Gasteiger partial charge in [0.05, 0.1) is 10.9 Å². The van der Waals surface area contributed by atoms with Gasteiger partial charge in [0.15, 0.2) is 7.28 Å². The van der Waals surface area contributed by atoms with Gasteiger partial charge in [-0.2, -0.15) is 13.2 Å². The number of halogens is 3. The van der Waals surface area contributed by atoms with E-state index in [0.717, 1.165) is 6.07 Å². The number of benzene rings is 1. The smallest absolute Gasteiger partial charge is 0.352 e. The number of pyridine rings is 1. The van der Waals surface area contributed by atoms with E-state index in [1.165, 1.54) is 23.9 Å². The SMILES string of the molecule is C#C[C@@H](Nc1ncnc2c1cc([B]C)c(=O)n2C)c1cccc(C(F)(F)F)c1C. The van der Waals surface area contributed by atoms with E-state index >= 15 is 0 Å². The zero-order valence-electron chi connectivity index (χ0n) is 16.0. The molecule has 0 aliphatic rings. The van der Waals surface area contributed by atoms with Crippen molar-refractivity contribution in [3.05, 3.63) is 57.6 Å². The Morgan fingerprint density at radius 2 is 2.03 bits per heavy atom. The summed E-state index contributed by atoms with van der Waals surface area (Å²) in [5.41, 5.74) is 0.242. The van der Waals surface area contributed by atoms with Crippen molar-refractivity contribution in [2.24, 2.45) is 7.05 Å². The van der Waals surface area contributed by atoms with Crippen LogP contribution >= 0.6 is 0 Å². The summed E-state index contributed by atoms with van der Waals surface area (Å²) in [5, 5.41) is 3.56. The molecule has 0 bridgehead atoms. The molecule has 2 aromatic heterocycles. The van der Waals surface area contributed by atoms with E-state index in [0.29, 0.717) is 27.9 Å². The Hall–Kier alpha value is -3.28. The van der Waals surface area contributed by atoms with Gasteiger partial charge < -0.3 is 5.32 Å². The summed E-state index contributed by atoms with van der Waals surface area (Å²) in [6.07, 6.45) is 2.42. The molecule has 0 spiro atoms. The van der Waals surface area contributed by atoms with Crippen LogP contribution in [-0.4, -0.2) is 21.8 Å². The molecule has 0 aliphatic heterocycles. The van der Waals surface area contributed by atoms with E-state index in [9.17, 15) is 18.0 Å². The number of nitrogens with one attached hydrogen (secondary N) is 1. The number of aryl methyl sites for hydroxylation is 1. The van der Waals surface area contributed by atoms with Crippen LogP contribution in [0.2, 0.25) is 6.82 Å². The molecule has 0 unspecified atom stereocenters. The van der Waals surface area contributed by atoms with E-state index in [4.69, 9.17) is 6.42 Å². The average Bonchev–Trinajstić information content (AvgIpc) is 2.68.